The Hall–Kier alpha value is -1.40. The molecular weight excluding hydrogens is 220 g/mol. The number of rotatable bonds is 5. The van der Waals surface area contributed by atoms with Gasteiger partial charge in [0.15, 0.2) is 0 Å². The molecule has 0 bridgehead atoms. The van der Waals surface area contributed by atoms with E-state index in [1.807, 2.05) is 0 Å². The molecule has 0 aliphatic heterocycles. The maximum Gasteiger partial charge on any atom is 0.296 e. The first-order valence-corrected chi connectivity index (χ1v) is 5.57. The minimum Gasteiger partial charge on any atom is -0.550 e. The van der Waals surface area contributed by atoms with Crippen LogP contribution in [0.3, 0.4) is 0 Å². The van der Waals surface area contributed by atoms with Crippen molar-refractivity contribution in [3.8, 4) is 0 Å². The van der Waals surface area contributed by atoms with Crippen molar-refractivity contribution in [2.75, 3.05) is 6.61 Å². The second-order valence-corrected chi connectivity index (χ2v) is 4.33. The Labute approximate surface area is 87.4 Å². The molecule has 0 N–H and O–H groups in total. The maximum absolute atomic E-state index is 11.4. The van der Waals surface area contributed by atoms with E-state index in [0.29, 0.717) is 0 Å². The van der Waals surface area contributed by atoms with Crippen molar-refractivity contribution in [3.63, 3.8) is 0 Å². The highest BCUT2D eigenvalue weighted by Gasteiger charge is 2.13. The summed E-state index contributed by atoms with van der Waals surface area (Å²) < 4.78 is 27.2. The number of carbonyl (C=O) groups excluding carboxylic acids is 1. The molecule has 0 heterocycles. The molecule has 0 atom stereocenters. The summed E-state index contributed by atoms with van der Waals surface area (Å²) in [7, 11) is -3.85. The van der Waals surface area contributed by atoms with Gasteiger partial charge in [0.05, 0.1) is 11.5 Å². The number of hydrogen-bond acceptors (Lipinski definition) is 5. The Bertz CT molecular complexity index is 423. The fourth-order valence-electron chi connectivity index (χ4n) is 0.890. The Kier molecular flexibility index (Phi) is 3.81. The first-order chi connectivity index (χ1) is 7.02. The van der Waals surface area contributed by atoms with Gasteiger partial charge >= 0.3 is 0 Å². The molecule has 1 aromatic rings. The van der Waals surface area contributed by atoms with E-state index in [9.17, 15) is 18.3 Å². The van der Waals surface area contributed by atoms with Crippen molar-refractivity contribution < 1.29 is 22.5 Å². The van der Waals surface area contributed by atoms with Crippen LogP contribution in [0.25, 0.3) is 0 Å². The smallest absolute Gasteiger partial charge is 0.296 e. The van der Waals surface area contributed by atoms with Gasteiger partial charge in [-0.25, -0.2) is 0 Å². The lowest BCUT2D eigenvalue weighted by atomic mass is 10.4. The van der Waals surface area contributed by atoms with Gasteiger partial charge in [-0.05, 0) is 12.1 Å². The summed E-state index contributed by atoms with van der Waals surface area (Å²) in [6.45, 7) is -0.417. The SMILES string of the molecule is O=C([O-])CCOS(=O)(=O)c1ccccc1. The highest BCUT2D eigenvalue weighted by atomic mass is 32.2. The zero-order valence-corrected chi connectivity index (χ0v) is 8.57. The molecule has 0 saturated heterocycles. The summed E-state index contributed by atoms with van der Waals surface area (Å²) in [6, 6.07) is 7.51. The predicted molar refractivity (Wildman–Crippen MR) is 49.2 cm³/mol. The Balaban J connectivity index is 2.65. The Morgan fingerprint density at radius 3 is 2.40 bits per heavy atom. The van der Waals surface area contributed by atoms with Crippen LogP contribution in [-0.4, -0.2) is 21.0 Å². The van der Waals surface area contributed by atoms with E-state index in [1.165, 1.54) is 12.1 Å². The summed E-state index contributed by atoms with van der Waals surface area (Å²) in [5.41, 5.74) is 0. The minimum absolute atomic E-state index is 0.00310. The normalized spacial score (nSPS) is 11.2. The molecule has 0 aliphatic carbocycles. The summed E-state index contributed by atoms with van der Waals surface area (Å²) in [4.78, 5) is 10.0. The number of benzene rings is 1. The van der Waals surface area contributed by atoms with E-state index in [2.05, 4.69) is 4.18 Å². The van der Waals surface area contributed by atoms with Crippen LogP contribution in [0.1, 0.15) is 6.42 Å². The molecular formula is C9H9O5S-. The second-order valence-electron chi connectivity index (χ2n) is 2.71. The largest absolute Gasteiger partial charge is 0.550 e. The molecule has 15 heavy (non-hydrogen) atoms. The molecule has 0 radical (unpaired) electrons. The Morgan fingerprint density at radius 2 is 1.87 bits per heavy atom. The van der Waals surface area contributed by atoms with Gasteiger partial charge in [-0.2, -0.15) is 8.42 Å². The molecule has 0 aliphatic rings. The van der Waals surface area contributed by atoms with Crippen molar-refractivity contribution >= 4 is 16.1 Å². The third kappa shape index (κ3) is 3.69. The molecule has 0 spiro atoms. The van der Waals surface area contributed by atoms with Crippen LogP contribution in [0.4, 0.5) is 0 Å². The average molecular weight is 229 g/mol. The molecule has 0 amide bonds. The van der Waals surface area contributed by atoms with Crippen LogP contribution >= 0.6 is 0 Å². The highest BCUT2D eigenvalue weighted by molar-refractivity contribution is 7.86. The van der Waals surface area contributed by atoms with Crippen molar-refractivity contribution in [1.29, 1.82) is 0 Å². The lowest BCUT2D eigenvalue weighted by Gasteiger charge is -2.05. The topological polar surface area (TPSA) is 83.5 Å². The number of aliphatic carboxylic acids is 1. The van der Waals surface area contributed by atoms with Gasteiger partial charge in [-0.1, -0.05) is 18.2 Å². The molecule has 1 aromatic carbocycles. The van der Waals surface area contributed by atoms with E-state index < -0.39 is 29.1 Å². The fourth-order valence-corrected chi connectivity index (χ4v) is 1.82. The van der Waals surface area contributed by atoms with Crippen LogP contribution in [0.2, 0.25) is 0 Å². The van der Waals surface area contributed by atoms with Crippen LogP contribution in [0, 0.1) is 0 Å². The summed E-state index contributed by atoms with van der Waals surface area (Å²) in [6.07, 6.45) is -0.452. The molecule has 1 rings (SSSR count). The zero-order valence-electron chi connectivity index (χ0n) is 7.75. The lowest BCUT2D eigenvalue weighted by Crippen LogP contribution is -2.24. The standard InChI is InChI=1S/C9H10O5S/c10-9(11)6-7-14-15(12,13)8-4-2-1-3-5-8/h1-5H,6-7H2,(H,10,11)/p-1. The minimum atomic E-state index is -3.85. The third-order valence-electron chi connectivity index (χ3n) is 1.58. The molecule has 0 fully saturated rings. The molecule has 6 heteroatoms. The molecule has 82 valence electrons. The first kappa shape index (κ1) is 11.7. The van der Waals surface area contributed by atoms with Gasteiger partial charge in [0.25, 0.3) is 10.1 Å². The van der Waals surface area contributed by atoms with Crippen molar-refractivity contribution in [3.05, 3.63) is 30.3 Å². The maximum atomic E-state index is 11.4. The van der Waals surface area contributed by atoms with Crippen molar-refractivity contribution in [2.24, 2.45) is 0 Å². The van der Waals surface area contributed by atoms with Gasteiger partial charge in [0.2, 0.25) is 0 Å². The van der Waals surface area contributed by atoms with Crippen LogP contribution in [0.5, 0.6) is 0 Å². The molecule has 0 aromatic heterocycles. The fraction of sp³-hybridized carbons (Fsp3) is 0.222. The average Bonchev–Trinajstić information content (AvgIpc) is 2.18. The lowest BCUT2D eigenvalue weighted by molar-refractivity contribution is -0.306. The van der Waals surface area contributed by atoms with Crippen molar-refractivity contribution in [2.45, 2.75) is 11.3 Å². The van der Waals surface area contributed by atoms with Crippen LogP contribution in [-0.2, 0) is 19.1 Å². The van der Waals surface area contributed by atoms with E-state index in [0.717, 1.165) is 0 Å². The number of hydrogen-bond donors (Lipinski definition) is 0. The van der Waals surface area contributed by atoms with Gasteiger partial charge < -0.3 is 9.90 Å². The van der Waals surface area contributed by atoms with Gasteiger partial charge in [-0.15, -0.1) is 0 Å². The number of carboxylic acids is 1. The van der Waals surface area contributed by atoms with Crippen LogP contribution in [0.15, 0.2) is 35.2 Å². The van der Waals surface area contributed by atoms with Gasteiger partial charge in [0, 0.05) is 12.4 Å². The molecule has 0 unspecified atom stereocenters. The summed E-state index contributed by atoms with van der Waals surface area (Å²) in [5, 5.41) is 10.0. The quantitative estimate of drug-likeness (QED) is 0.637. The first-order valence-electron chi connectivity index (χ1n) is 4.17. The highest BCUT2D eigenvalue weighted by Crippen LogP contribution is 2.11. The second kappa shape index (κ2) is 4.90. The Morgan fingerprint density at radius 1 is 1.27 bits per heavy atom. The summed E-state index contributed by atoms with van der Waals surface area (Å²) in [5.74, 6) is -1.35. The van der Waals surface area contributed by atoms with Crippen LogP contribution < -0.4 is 5.11 Å². The van der Waals surface area contributed by atoms with E-state index >= 15 is 0 Å². The van der Waals surface area contributed by atoms with Gasteiger partial charge in [-0.3, -0.25) is 4.18 Å². The molecule has 0 saturated carbocycles. The third-order valence-corrected chi connectivity index (χ3v) is 2.90. The molecule has 5 nitrogen and oxygen atoms in total. The van der Waals surface area contributed by atoms with E-state index in [4.69, 9.17) is 0 Å². The monoisotopic (exact) mass is 229 g/mol. The predicted octanol–water partition coefficient (Wildman–Crippen LogP) is -0.468. The van der Waals surface area contributed by atoms with Gasteiger partial charge in [0.1, 0.15) is 0 Å². The summed E-state index contributed by atoms with van der Waals surface area (Å²) >= 11 is 0. The number of carbonyl (C=O) groups is 1. The van der Waals surface area contributed by atoms with E-state index in [1.54, 1.807) is 18.2 Å². The van der Waals surface area contributed by atoms with E-state index in [-0.39, 0.29) is 4.90 Å². The number of carboxylic acid groups (broad SMARTS) is 1. The van der Waals surface area contributed by atoms with Crippen molar-refractivity contribution in [1.82, 2.24) is 0 Å². The zero-order chi connectivity index (χ0) is 11.3.